The number of methoxy groups -OCH3 is 3. The van der Waals surface area contributed by atoms with Gasteiger partial charge in [0.2, 0.25) is 0 Å². The van der Waals surface area contributed by atoms with Gasteiger partial charge in [-0.1, -0.05) is 23.8 Å². The number of thiocarbonyl (C=S) groups is 1. The molecule has 0 aliphatic heterocycles. The molecule has 140 valence electrons. The predicted molar refractivity (Wildman–Crippen MR) is 103 cm³/mol. The molecule has 8 nitrogen and oxygen atoms in total. The van der Waals surface area contributed by atoms with Crippen LogP contribution in [0.4, 0.5) is 0 Å². The number of carbonyl (C=O) groups excluding carboxylic acids is 2. The summed E-state index contributed by atoms with van der Waals surface area (Å²) in [6.07, 6.45) is 3.49. The molecule has 0 spiro atoms. The second-order valence-corrected chi connectivity index (χ2v) is 7.13. The van der Waals surface area contributed by atoms with Crippen molar-refractivity contribution in [3.05, 3.63) is 27.4 Å². The summed E-state index contributed by atoms with van der Waals surface area (Å²) in [5.41, 5.74) is -0.390. The van der Waals surface area contributed by atoms with Crippen LogP contribution >= 0.6 is 47.3 Å². The average Bonchev–Trinajstić information content (AvgIpc) is 3.01. The van der Waals surface area contributed by atoms with E-state index in [4.69, 9.17) is 12.2 Å². The highest BCUT2D eigenvalue weighted by Gasteiger charge is 2.21. The van der Waals surface area contributed by atoms with E-state index >= 15 is 0 Å². The van der Waals surface area contributed by atoms with Crippen molar-refractivity contribution in [1.29, 1.82) is 0 Å². The van der Waals surface area contributed by atoms with Gasteiger partial charge in [-0.25, -0.2) is 9.59 Å². The Bertz CT molecular complexity index is 689. The molecule has 0 amide bonds. The Kier molecular flexibility index (Phi) is 11.2. The molecule has 25 heavy (non-hydrogen) atoms. The number of thioether (sulfide) groups is 2. The van der Waals surface area contributed by atoms with E-state index < -0.39 is 17.9 Å². The second-order valence-electron chi connectivity index (χ2n) is 3.76. The molecule has 0 saturated heterocycles. The van der Waals surface area contributed by atoms with Gasteiger partial charge in [-0.2, -0.15) is 0 Å². The summed E-state index contributed by atoms with van der Waals surface area (Å²) >= 11 is 8.47. The zero-order valence-corrected chi connectivity index (χ0v) is 17.3. The highest BCUT2D eigenvalue weighted by molar-refractivity contribution is 8.23. The van der Waals surface area contributed by atoms with Crippen LogP contribution in [-0.4, -0.2) is 59.5 Å². The van der Waals surface area contributed by atoms with Crippen LogP contribution in [0, 0.1) is 0 Å². The number of carbonyl (C=O) groups is 2. The summed E-state index contributed by atoms with van der Waals surface area (Å²) in [4.78, 5) is 33.2. The maximum absolute atomic E-state index is 11.1. The maximum Gasteiger partial charge on any atom is 0.347 e. The fraction of sp³-hybridized carbons (Fsp3) is 0.385. The zero-order valence-electron chi connectivity index (χ0n) is 14.0. The first-order valence-electron chi connectivity index (χ1n) is 6.26. The minimum absolute atomic E-state index is 0.106. The third-order valence-electron chi connectivity index (χ3n) is 2.43. The number of nitrogens with one attached hydrogen (secondary N) is 1. The molecular formula is C13H17NO7S4. The number of aliphatic hydroxyl groups is 1. The van der Waals surface area contributed by atoms with Crippen LogP contribution in [0.15, 0.2) is 20.5 Å². The van der Waals surface area contributed by atoms with Crippen LogP contribution in [0.3, 0.4) is 0 Å². The molecule has 0 aromatic carbocycles. The number of hydrogen-bond acceptors (Lipinski definition) is 11. The number of hydrogen-bond donors (Lipinski definition) is 2. The van der Waals surface area contributed by atoms with E-state index in [0.29, 0.717) is 4.21 Å². The number of ether oxygens (including phenoxy) is 3. The lowest BCUT2D eigenvalue weighted by Gasteiger charge is -2.06. The number of rotatable bonds is 5. The molecule has 0 fully saturated rings. The zero-order chi connectivity index (χ0) is 19.6. The van der Waals surface area contributed by atoms with Gasteiger partial charge in [-0.05, 0) is 12.5 Å². The van der Waals surface area contributed by atoms with Gasteiger partial charge in [0.15, 0.2) is 11.1 Å². The van der Waals surface area contributed by atoms with Crippen molar-refractivity contribution >= 4 is 63.4 Å². The largest absolute Gasteiger partial charge is 0.480 e. The quantitative estimate of drug-likeness (QED) is 0.238. The van der Waals surface area contributed by atoms with Crippen LogP contribution < -0.4 is 5.56 Å². The summed E-state index contributed by atoms with van der Waals surface area (Å²) < 4.78 is 16.7. The number of aromatic nitrogens is 1. The highest BCUT2D eigenvalue weighted by Crippen LogP contribution is 2.21. The smallest absolute Gasteiger partial charge is 0.347 e. The number of esters is 2. The lowest BCUT2D eigenvalue weighted by molar-refractivity contribution is -0.136. The normalized spacial score (nSPS) is 10.8. The van der Waals surface area contributed by atoms with Crippen molar-refractivity contribution in [3.8, 4) is 0 Å². The summed E-state index contributed by atoms with van der Waals surface area (Å²) in [6.45, 7) is 0. The van der Waals surface area contributed by atoms with Crippen molar-refractivity contribution in [2.24, 2.45) is 0 Å². The Balaban J connectivity index is 0.000000462. The first-order valence-corrected chi connectivity index (χ1v) is 9.93. The Morgan fingerprint density at radius 2 is 1.76 bits per heavy atom. The fourth-order valence-electron chi connectivity index (χ4n) is 1.27. The Hall–Kier alpha value is -1.50. The molecule has 1 rings (SSSR count). The van der Waals surface area contributed by atoms with Crippen LogP contribution in [0.5, 0.6) is 0 Å². The molecule has 0 atom stereocenters. The SMILES string of the molecule is COC(=O)C(C(=S)SC)=C(O)OC.COC(=O)c1c(SC)s[nH]c1=O. The van der Waals surface area contributed by atoms with Crippen molar-refractivity contribution in [2.75, 3.05) is 33.8 Å². The molecular weight excluding hydrogens is 410 g/mol. The van der Waals surface area contributed by atoms with Gasteiger partial charge >= 0.3 is 11.9 Å². The summed E-state index contributed by atoms with van der Waals surface area (Å²) in [7, 11) is 3.69. The molecule has 1 heterocycles. The Morgan fingerprint density at radius 3 is 2.16 bits per heavy atom. The lowest BCUT2D eigenvalue weighted by Crippen LogP contribution is -2.14. The third kappa shape index (κ3) is 6.72. The highest BCUT2D eigenvalue weighted by atomic mass is 32.2. The van der Waals surface area contributed by atoms with Gasteiger partial charge in [0.1, 0.15) is 0 Å². The number of aliphatic hydroxyl groups excluding tert-OH is 1. The molecule has 0 saturated carbocycles. The van der Waals surface area contributed by atoms with Crippen molar-refractivity contribution < 1.29 is 28.9 Å². The maximum atomic E-state index is 11.1. The number of aromatic amines is 1. The van der Waals surface area contributed by atoms with Crippen molar-refractivity contribution in [2.45, 2.75) is 4.21 Å². The van der Waals surface area contributed by atoms with Crippen LogP contribution in [0.2, 0.25) is 0 Å². The topological polar surface area (TPSA) is 115 Å². The Morgan fingerprint density at radius 1 is 1.16 bits per heavy atom. The lowest BCUT2D eigenvalue weighted by atomic mass is 10.3. The van der Waals surface area contributed by atoms with E-state index in [0.717, 1.165) is 23.3 Å². The van der Waals surface area contributed by atoms with E-state index in [9.17, 15) is 19.5 Å². The van der Waals surface area contributed by atoms with E-state index in [-0.39, 0.29) is 20.9 Å². The van der Waals surface area contributed by atoms with Crippen molar-refractivity contribution in [1.82, 2.24) is 4.37 Å². The molecule has 1 aromatic rings. The van der Waals surface area contributed by atoms with Crippen LogP contribution in [0.1, 0.15) is 10.4 Å². The van der Waals surface area contributed by atoms with E-state index in [1.54, 1.807) is 12.5 Å². The fourth-order valence-corrected chi connectivity index (χ4v) is 3.22. The van der Waals surface area contributed by atoms with E-state index in [1.807, 2.05) is 0 Å². The first-order chi connectivity index (χ1) is 11.8. The summed E-state index contributed by atoms with van der Waals surface area (Å²) in [5, 5.41) is 9.18. The third-order valence-corrected chi connectivity index (χ3v) is 5.71. The van der Waals surface area contributed by atoms with Crippen molar-refractivity contribution in [3.63, 3.8) is 0 Å². The second kappa shape index (κ2) is 12.0. The molecule has 0 unspecified atom stereocenters. The molecule has 1 aromatic heterocycles. The number of H-pyrrole nitrogens is 1. The average molecular weight is 428 g/mol. The summed E-state index contributed by atoms with van der Waals surface area (Å²) in [5.74, 6) is -1.81. The minimum atomic E-state index is -0.710. The molecule has 0 radical (unpaired) electrons. The Labute approximate surface area is 162 Å². The van der Waals surface area contributed by atoms with Gasteiger partial charge in [0.25, 0.3) is 11.5 Å². The van der Waals surface area contributed by atoms with Gasteiger partial charge in [0, 0.05) is 0 Å². The van der Waals surface area contributed by atoms with Gasteiger partial charge in [-0.15, -0.1) is 23.5 Å². The molecule has 12 heteroatoms. The van der Waals surface area contributed by atoms with E-state index in [1.165, 1.54) is 33.1 Å². The molecule has 0 bridgehead atoms. The predicted octanol–water partition coefficient (Wildman–Crippen LogP) is 2.21. The van der Waals surface area contributed by atoms with Crippen LogP contribution in [0.25, 0.3) is 0 Å². The minimum Gasteiger partial charge on any atom is -0.480 e. The molecule has 0 aliphatic carbocycles. The first kappa shape index (κ1) is 23.5. The van der Waals surface area contributed by atoms with Gasteiger partial charge < -0.3 is 19.3 Å². The van der Waals surface area contributed by atoms with Gasteiger partial charge in [0.05, 0.1) is 29.7 Å². The van der Waals surface area contributed by atoms with E-state index in [2.05, 4.69) is 18.6 Å². The standard InChI is InChI=1S/C7H10O4S2.C6H7NO3S2/c1-10-5(8)4(6(9)11-2)7(12)13-3;1-10-5(9)3-4(8)7-12-6(3)11-2/h8H,1-3H3;1-2H3,(H,7,8). The van der Waals surface area contributed by atoms with Crippen LogP contribution in [-0.2, 0) is 19.0 Å². The molecule has 2 N–H and O–H groups in total. The van der Waals surface area contributed by atoms with Gasteiger partial charge in [-0.3, -0.25) is 9.17 Å². The molecule has 0 aliphatic rings. The summed E-state index contributed by atoms with van der Waals surface area (Å²) in [6, 6.07) is 0. The monoisotopic (exact) mass is 427 g/mol.